The minimum Gasteiger partial charge on any atom is -0.462 e. The van der Waals surface area contributed by atoms with Gasteiger partial charge in [-0.05, 0) is 36.6 Å². The average Bonchev–Trinajstić information content (AvgIpc) is 3.33. The van der Waals surface area contributed by atoms with Gasteiger partial charge in [-0.3, -0.25) is 4.79 Å². The number of amides is 1. The topological polar surface area (TPSA) is 56.9 Å². The van der Waals surface area contributed by atoms with E-state index in [9.17, 15) is 4.79 Å². The predicted octanol–water partition coefficient (Wildman–Crippen LogP) is 2.89. The third kappa shape index (κ3) is 3.29. The number of aliphatic hydroxyl groups is 1. The summed E-state index contributed by atoms with van der Waals surface area (Å²) in [6, 6.07) is 12.3. The average molecular weight is 340 g/mol. The number of benzene rings is 1. The van der Waals surface area contributed by atoms with Crippen molar-refractivity contribution in [2.45, 2.75) is 38.3 Å². The summed E-state index contributed by atoms with van der Waals surface area (Å²) in [5.41, 5.74) is 2.62. The highest BCUT2D eigenvalue weighted by atomic mass is 16.4. The molecular weight excluding hydrogens is 316 g/mol. The molecule has 1 fully saturated rings. The molecule has 2 aromatic rings. The molecule has 3 heterocycles. The Labute approximate surface area is 147 Å². The molecule has 4 rings (SSSR count). The van der Waals surface area contributed by atoms with Gasteiger partial charge in [0.05, 0.1) is 6.54 Å². The number of furan rings is 1. The molecule has 132 valence electrons. The summed E-state index contributed by atoms with van der Waals surface area (Å²) >= 11 is 0. The van der Waals surface area contributed by atoms with E-state index in [1.807, 2.05) is 17.0 Å². The molecule has 0 bridgehead atoms. The largest absolute Gasteiger partial charge is 0.462 e. The number of rotatable bonds is 6. The zero-order valence-corrected chi connectivity index (χ0v) is 14.4. The van der Waals surface area contributed by atoms with Gasteiger partial charge >= 0.3 is 0 Å². The Morgan fingerprint density at radius 2 is 1.96 bits per heavy atom. The van der Waals surface area contributed by atoms with E-state index in [0.29, 0.717) is 30.6 Å². The highest BCUT2D eigenvalue weighted by molar-refractivity contribution is 5.78. The molecule has 2 aliphatic rings. The lowest BCUT2D eigenvalue weighted by molar-refractivity contribution is -0.127. The molecule has 25 heavy (non-hydrogen) atoms. The van der Waals surface area contributed by atoms with Crippen LogP contribution in [0.4, 0.5) is 5.69 Å². The fourth-order valence-electron chi connectivity index (χ4n) is 4.01. The minimum absolute atomic E-state index is 0.0664. The lowest BCUT2D eigenvalue weighted by Crippen LogP contribution is -2.28. The number of anilines is 1. The van der Waals surface area contributed by atoms with Crippen LogP contribution in [0.2, 0.25) is 0 Å². The van der Waals surface area contributed by atoms with Crippen molar-refractivity contribution < 1.29 is 14.3 Å². The number of nitrogens with zero attached hydrogens (tertiary/aromatic N) is 2. The van der Waals surface area contributed by atoms with Crippen molar-refractivity contribution >= 4 is 11.6 Å². The Balaban J connectivity index is 1.46. The SMILES string of the molecule is O=C1CCCN1CC[C@H]1CN(Cc2ccc(CO)o2)c2ccccc21. The first-order valence-corrected chi connectivity index (χ1v) is 9.04. The number of hydrogen-bond acceptors (Lipinski definition) is 4. The Kier molecular flexibility index (Phi) is 4.49. The summed E-state index contributed by atoms with van der Waals surface area (Å²) < 4.78 is 5.66. The van der Waals surface area contributed by atoms with Crippen LogP contribution in [0.3, 0.4) is 0 Å². The van der Waals surface area contributed by atoms with Gasteiger partial charge in [-0.15, -0.1) is 0 Å². The number of carbonyl (C=O) groups is 1. The van der Waals surface area contributed by atoms with Gasteiger partial charge in [-0.2, -0.15) is 0 Å². The predicted molar refractivity (Wildman–Crippen MR) is 95.3 cm³/mol. The first-order chi connectivity index (χ1) is 12.2. The van der Waals surface area contributed by atoms with Crippen LogP contribution in [0.5, 0.6) is 0 Å². The van der Waals surface area contributed by atoms with E-state index in [2.05, 4.69) is 29.2 Å². The summed E-state index contributed by atoms with van der Waals surface area (Å²) in [4.78, 5) is 16.2. The fraction of sp³-hybridized carbons (Fsp3) is 0.450. The highest BCUT2D eigenvalue weighted by Gasteiger charge is 2.30. The molecule has 1 atom stereocenters. The number of fused-ring (bicyclic) bond motifs is 1. The molecule has 0 radical (unpaired) electrons. The Bertz CT molecular complexity index is 755. The van der Waals surface area contributed by atoms with E-state index in [1.165, 1.54) is 11.3 Å². The van der Waals surface area contributed by atoms with Crippen LogP contribution in [0.1, 0.15) is 42.3 Å². The quantitative estimate of drug-likeness (QED) is 0.878. The molecule has 1 aromatic carbocycles. The van der Waals surface area contributed by atoms with E-state index in [0.717, 1.165) is 38.2 Å². The van der Waals surface area contributed by atoms with Crippen LogP contribution in [0.25, 0.3) is 0 Å². The standard InChI is InChI=1S/C20H24N2O3/c23-14-17-8-7-16(25-17)13-22-12-15(18-4-1-2-5-19(18)22)9-11-21-10-3-6-20(21)24/h1-2,4-5,7-8,15,23H,3,6,9-14H2/t15-/m0/s1. The molecule has 5 nitrogen and oxygen atoms in total. The number of aliphatic hydroxyl groups excluding tert-OH is 1. The van der Waals surface area contributed by atoms with Gasteiger partial charge in [0.15, 0.2) is 0 Å². The molecular formula is C20H24N2O3. The number of para-hydroxylation sites is 1. The highest BCUT2D eigenvalue weighted by Crippen LogP contribution is 2.39. The molecule has 2 aliphatic heterocycles. The second-order valence-electron chi connectivity index (χ2n) is 6.94. The van der Waals surface area contributed by atoms with Crippen molar-refractivity contribution in [3.8, 4) is 0 Å². The molecule has 5 heteroatoms. The molecule has 0 aliphatic carbocycles. The van der Waals surface area contributed by atoms with Gasteiger partial charge in [0.1, 0.15) is 18.1 Å². The monoisotopic (exact) mass is 340 g/mol. The molecule has 1 amide bonds. The van der Waals surface area contributed by atoms with Gasteiger partial charge in [0.25, 0.3) is 0 Å². The lowest BCUT2D eigenvalue weighted by atomic mass is 9.98. The van der Waals surface area contributed by atoms with Crippen molar-refractivity contribution in [3.63, 3.8) is 0 Å². The van der Waals surface area contributed by atoms with E-state index in [1.54, 1.807) is 0 Å². The van der Waals surface area contributed by atoms with Gasteiger partial charge in [-0.25, -0.2) is 0 Å². The first kappa shape index (κ1) is 16.2. The minimum atomic E-state index is -0.0664. The zero-order valence-electron chi connectivity index (χ0n) is 14.4. The van der Waals surface area contributed by atoms with Crippen LogP contribution in [0, 0.1) is 0 Å². The summed E-state index contributed by atoms with van der Waals surface area (Å²) in [6.07, 6.45) is 2.70. The molecule has 1 N–H and O–H groups in total. The van der Waals surface area contributed by atoms with E-state index in [-0.39, 0.29) is 6.61 Å². The Morgan fingerprint density at radius 1 is 1.12 bits per heavy atom. The second kappa shape index (κ2) is 6.92. The van der Waals surface area contributed by atoms with Crippen LogP contribution in [-0.4, -0.2) is 35.5 Å². The van der Waals surface area contributed by atoms with E-state index < -0.39 is 0 Å². The van der Waals surface area contributed by atoms with Crippen molar-refractivity contribution in [1.82, 2.24) is 4.90 Å². The van der Waals surface area contributed by atoms with Crippen molar-refractivity contribution in [2.24, 2.45) is 0 Å². The number of carbonyl (C=O) groups excluding carboxylic acids is 1. The molecule has 0 saturated carbocycles. The van der Waals surface area contributed by atoms with E-state index in [4.69, 9.17) is 9.52 Å². The third-order valence-electron chi connectivity index (χ3n) is 5.30. The smallest absolute Gasteiger partial charge is 0.222 e. The van der Waals surface area contributed by atoms with E-state index >= 15 is 0 Å². The maximum Gasteiger partial charge on any atom is 0.222 e. The summed E-state index contributed by atoms with van der Waals surface area (Å²) in [5, 5.41) is 9.17. The van der Waals surface area contributed by atoms with Crippen LogP contribution in [0.15, 0.2) is 40.8 Å². The van der Waals surface area contributed by atoms with Crippen LogP contribution >= 0.6 is 0 Å². The van der Waals surface area contributed by atoms with Crippen molar-refractivity contribution in [2.75, 3.05) is 24.5 Å². The summed E-state index contributed by atoms with van der Waals surface area (Å²) in [6.45, 7) is 3.34. The fourth-order valence-corrected chi connectivity index (χ4v) is 4.01. The van der Waals surface area contributed by atoms with Gasteiger partial charge < -0.3 is 19.3 Å². The maximum absolute atomic E-state index is 11.8. The van der Waals surface area contributed by atoms with Crippen LogP contribution < -0.4 is 4.90 Å². The normalized spacial score (nSPS) is 19.7. The lowest BCUT2D eigenvalue weighted by Gasteiger charge is -2.20. The molecule has 1 saturated heterocycles. The Hall–Kier alpha value is -2.27. The summed E-state index contributed by atoms with van der Waals surface area (Å²) in [7, 11) is 0. The molecule has 1 aromatic heterocycles. The van der Waals surface area contributed by atoms with Gasteiger partial charge in [0.2, 0.25) is 5.91 Å². The second-order valence-corrected chi connectivity index (χ2v) is 6.94. The Morgan fingerprint density at radius 3 is 2.72 bits per heavy atom. The third-order valence-corrected chi connectivity index (χ3v) is 5.30. The number of likely N-dealkylation sites (tertiary alicyclic amines) is 1. The maximum atomic E-state index is 11.8. The van der Waals surface area contributed by atoms with Gasteiger partial charge in [0, 0.05) is 37.7 Å². The molecule has 0 spiro atoms. The van der Waals surface area contributed by atoms with Crippen LogP contribution in [-0.2, 0) is 17.9 Å². The van der Waals surface area contributed by atoms with Crippen molar-refractivity contribution in [3.05, 3.63) is 53.5 Å². The zero-order chi connectivity index (χ0) is 17.2. The van der Waals surface area contributed by atoms with Gasteiger partial charge in [-0.1, -0.05) is 18.2 Å². The summed E-state index contributed by atoms with van der Waals surface area (Å²) in [5.74, 6) is 2.22. The number of hydrogen-bond donors (Lipinski definition) is 1. The first-order valence-electron chi connectivity index (χ1n) is 9.04. The van der Waals surface area contributed by atoms with Crippen molar-refractivity contribution in [1.29, 1.82) is 0 Å². The molecule has 0 unspecified atom stereocenters.